The molecule has 5 nitrogen and oxygen atoms in total. The average molecular weight is 317 g/mol. The summed E-state index contributed by atoms with van der Waals surface area (Å²) in [4.78, 5) is 4.40. The fraction of sp³-hybridized carbons (Fsp3) is 0.389. The minimum Gasteiger partial charge on any atom is -0.492 e. The second kappa shape index (κ2) is 9.12. The van der Waals surface area contributed by atoms with Gasteiger partial charge in [-0.05, 0) is 43.5 Å². The van der Waals surface area contributed by atoms with Gasteiger partial charge in [0.1, 0.15) is 11.5 Å². The quantitative estimate of drug-likeness (QED) is 0.721. The van der Waals surface area contributed by atoms with Crippen molar-refractivity contribution < 1.29 is 19.3 Å². The van der Waals surface area contributed by atoms with E-state index in [2.05, 4.69) is 4.98 Å². The Labute approximate surface area is 136 Å². The van der Waals surface area contributed by atoms with Gasteiger partial charge >= 0.3 is 0 Å². The number of aryl methyl sites for hydroxylation is 2. The van der Waals surface area contributed by atoms with Gasteiger partial charge in [0.05, 0.1) is 19.4 Å². The highest BCUT2D eigenvalue weighted by Crippen LogP contribution is 2.22. The average Bonchev–Trinajstić information content (AvgIpc) is 2.59. The molecule has 0 bridgehead atoms. The number of nitrogens with zero attached hydrogens (tertiary/aromatic N) is 1. The van der Waals surface area contributed by atoms with Gasteiger partial charge in [0, 0.05) is 18.4 Å². The van der Waals surface area contributed by atoms with Gasteiger partial charge in [-0.2, -0.15) is 0 Å². The van der Waals surface area contributed by atoms with Crippen LogP contribution in [0.5, 0.6) is 11.5 Å². The molecule has 5 heteroatoms. The van der Waals surface area contributed by atoms with E-state index in [9.17, 15) is 5.11 Å². The van der Waals surface area contributed by atoms with Gasteiger partial charge in [-0.1, -0.05) is 12.1 Å². The molecule has 0 amide bonds. The maximum absolute atomic E-state index is 9.34. The molecule has 0 saturated heterocycles. The Morgan fingerprint density at radius 2 is 1.96 bits per heavy atom. The molecule has 1 aromatic heterocycles. The molecule has 1 aromatic carbocycles. The smallest absolute Gasteiger partial charge is 0.188 e. The lowest BCUT2D eigenvalue weighted by Crippen LogP contribution is -2.03. The highest BCUT2D eigenvalue weighted by molar-refractivity contribution is 5.37. The zero-order valence-electron chi connectivity index (χ0n) is 13.6. The molecule has 0 spiro atoms. The number of aliphatic hydroxyl groups is 1. The molecule has 2 rings (SSSR count). The van der Waals surface area contributed by atoms with Crippen LogP contribution in [0.2, 0.25) is 0 Å². The molecule has 0 saturated carbocycles. The Bertz CT molecular complexity index is 598. The Kier molecular flexibility index (Phi) is 6.84. The molecule has 1 N–H and O–H groups in total. The standard InChI is InChI=1S/C18H23NO4/c1-3-22-17-9-8-16(19-11-17)7-5-14-4-6-15(12-20)18(10-14)23-13-21-2/h4,6,8-11,20H,3,5,7,12-13H2,1-2H3. The summed E-state index contributed by atoms with van der Waals surface area (Å²) < 4.78 is 15.8. The Hall–Kier alpha value is -2.11. The fourth-order valence-electron chi connectivity index (χ4n) is 2.23. The maximum Gasteiger partial charge on any atom is 0.188 e. The van der Waals surface area contributed by atoms with E-state index in [1.807, 2.05) is 37.3 Å². The van der Waals surface area contributed by atoms with Crippen LogP contribution < -0.4 is 9.47 Å². The highest BCUT2D eigenvalue weighted by Gasteiger charge is 2.06. The summed E-state index contributed by atoms with van der Waals surface area (Å²) in [6, 6.07) is 9.74. The van der Waals surface area contributed by atoms with Crippen LogP contribution in [0.4, 0.5) is 0 Å². The normalized spacial score (nSPS) is 10.6. The monoisotopic (exact) mass is 317 g/mol. The van der Waals surface area contributed by atoms with E-state index in [0.29, 0.717) is 12.4 Å². The van der Waals surface area contributed by atoms with Gasteiger partial charge in [0.25, 0.3) is 0 Å². The number of aromatic nitrogens is 1. The number of hydrogen-bond donors (Lipinski definition) is 1. The number of ether oxygens (including phenoxy) is 3. The van der Waals surface area contributed by atoms with Crippen molar-refractivity contribution in [2.24, 2.45) is 0 Å². The van der Waals surface area contributed by atoms with E-state index in [1.54, 1.807) is 13.3 Å². The highest BCUT2D eigenvalue weighted by atomic mass is 16.7. The molecule has 124 valence electrons. The zero-order valence-corrected chi connectivity index (χ0v) is 13.6. The number of hydrogen-bond acceptors (Lipinski definition) is 5. The van der Waals surface area contributed by atoms with E-state index in [1.165, 1.54) is 0 Å². The predicted molar refractivity (Wildman–Crippen MR) is 87.7 cm³/mol. The summed E-state index contributed by atoms with van der Waals surface area (Å²) in [5.74, 6) is 1.45. The first kappa shape index (κ1) is 17.2. The van der Waals surface area contributed by atoms with Crippen molar-refractivity contribution in [1.82, 2.24) is 4.98 Å². The van der Waals surface area contributed by atoms with Crippen molar-refractivity contribution in [3.63, 3.8) is 0 Å². The van der Waals surface area contributed by atoms with Crippen LogP contribution in [0.1, 0.15) is 23.7 Å². The lowest BCUT2D eigenvalue weighted by atomic mass is 10.0. The molecular weight excluding hydrogens is 294 g/mol. The van der Waals surface area contributed by atoms with Gasteiger partial charge in [-0.3, -0.25) is 4.98 Å². The van der Waals surface area contributed by atoms with Crippen molar-refractivity contribution in [3.8, 4) is 11.5 Å². The van der Waals surface area contributed by atoms with Crippen LogP contribution in [-0.2, 0) is 24.2 Å². The first-order chi connectivity index (χ1) is 11.3. The summed E-state index contributed by atoms with van der Waals surface area (Å²) in [5.41, 5.74) is 2.90. The van der Waals surface area contributed by atoms with Crippen molar-refractivity contribution >= 4 is 0 Å². The summed E-state index contributed by atoms with van der Waals surface area (Å²) >= 11 is 0. The SMILES string of the molecule is CCOc1ccc(CCc2ccc(CO)c(OCOC)c2)nc1. The van der Waals surface area contributed by atoms with Gasteiger partial charge in [-0.15, -0.1) is 0 Å². The number of benzene rings is 1. The van der Waals surface area contributed by atoms with E-state index < -0.39 is 0 Å². The first-order valence-electron chi connectivity index (χ1n) is 7.69. The minimum atomic E-state index is -0.0558. The zero-order chi connectivity index (χ0) is 16.5. The van der Waals surface area contributed by atoms with E-state index in [0.717, 1.165) is 35.4 Å². The summed E-state index contributed by atoms with van der Waals surface area (Å²) in [5, 5.41) is 9.34. The third-order valence-corrected chi connectivity index (χ3v) is 3.41. The lowest BCUT2D eigenvalue weighted by Gasteiger charge is -2.11. The van der Waals surface area contributed by atoms with Crippen LogP contribution in [-0.4, -0.2) is 30.6 Å². The van der Waals surface area contributed by atoms with Crippen LogP contribution in [0.25, 0.3) is 0 Å². The Morgan fingerprint density at radius 1 is 1.09 bits per heavy atom. The summed E-state index contributed by atoms with van der Waals surface area (Å²) in [7, 11) is 1.57. The molecule has 0 aliphatic carbocycles. The van der Waals surface area contributed by atoms with Crippen molar-refractivity contribution in [2.45, 2.75) is 26.4 Å². The predicted octanol–water partition coefficient (Wildman–Crippen LogP) is 2.74. The van der Waals surface area contributed by atoms with Crippen LogP contribution in [0, 0.1) is 0 Å². The second-order valence-corrected chi connectivity index (χ2v) is 5.07. The molecule has 0 aliphatic rings. The van der Waals surface area contributed by atoms with E-state index in [-0.39, 0.29) is 13.4 Å². The van der Waals surface area contributed by atoms with Crippen molar-refractivity contribution in [1.29, 1.82) is 0 Å². The van der Waals surface area contributed by atoms with Crippen LogP contribution in [0.3, 0.4) is 0 Å². The number of pyridine rings is 1. The molecule has 0 radical (unpaired) electrons. The van der Waals surface area contributed by atoms with Gasteiger partial charge in [0.15, 0.2) is 6.79 Å². The lowest BCUT2D eigenvalue weighted by molar-refractivity contribution is 0.0494. The largest absolute Gasteiger partial charge is 0.492 e. The molecule has 2 aromatic rings. The van der Waals surface area contributed by atoms with Crippen LogP contribution in [0.15, 0.2) is 36.5 Å². The molecule has 0 atom stereocenters. The molecule has 0 unspecified atom stereocenters. The van der Waals surface area contributed by atoms with E-state index >= 15 is 0 Å². The second-order valence-electron chi connectivity index (χ2n) is 5.07. The summed E-state index contributed by atoms with van der Waals surface area (Å²) in [6.45, 7) is 2.70. The van der Waals surface area contributed by atoms with Gasteiger partial charge < -0.3 is 19.3 Å². The maximum atomic E-state index is 9.34. The first-order valence-corrected chi connectivity index (χ1v) is 7.69. The summed E-state index contributed by atoms with van der Waals surface area (Å²) in [6.07, 6.45) is 3.42. The molecule has 1 heterocycles. The van der Waals surface area contributed by atoms with Gasteiger partial charge in [0.2, 0.25) is 0 Å². The Balaban J connectivity index is 1.99. The Morgan fingerprint density at radius 3 is 2.61 bits per heavy atom. The third-order valence-electron chi connectivity index (χ3n) is 3.41. The van der Waals surface area contributed by atoms with Gasteiger partial charge in [-0.25, -0.2) is 0 Å². The third kappa shape index (κ3) is 5.23. The number of aliphatic hydroxyl groups excluding tert-OH is 1. The molecule has 23 heavy (non-hydrogen) atoms. The minimum absolute atomic E-state index is 0.0558. The molecular formula is C18H23NO4. The van der Waals surface area contributed by atoms with Crippen LogP contribution >= 0.6 is 0 Å². The van der Waals surface area contributed by atoms with Crippen molar-refractivity contribution in [2.75, 3.05) is 20.5 Å². The molecule has 0 aliphatic heterocycles. The number of rotatable bonds is 9. The van der Waals surface area contributed by atoms with E-state index in [4.69, 9.17) is 14.2 Å². The van der Waals surface area contributed by atoms with Crippen molar-refractivity contribution in [3.05, 3.63) is 53.3 Å². The number of methoxy groups -OCH3 is 1. The topological polar surface area (TPSA) is 60.8 Å². The molecule has 0 fully saturated rings. The fourth-order valence-corrected chi connectivity index (χ4v) is 2.23.